The quantitative estimate of drug-likeness (QED) is 0.634. The fourth-order valence-corrected chi connectivity index (χ4v) is 2.52. The number of rotatable bonds is 7. The molecular weight excluding hydrogens is 270 g/mol. The summed E-state index contributed by atoms with van der Waals surface area (Å²) in [6.45, 7) is 7.33. The molecule has 21 heavy (non-hydrogen) atoms. The first-order chi connectivity index (χ1) is 9.95. The summed E-state index contributed by atoms with van der Waals surface area (Å²) >= 11 is 0. The number of carbonyl (C=O) groups excluding carboxylic acids is 2. The third-order valence-corrected chi connectivity index (χ3v) is 4.07. The molecule has 2 amide bonds. The highest BCUT2D eigenvalue weighted by molar-refractivity contribution is 5.87. The maximum absolute atomic E-state index is 12.0. The Kier molecular flexibility index (Phi) is 7.67. The van der Waals surface area contributed by atoms with E-state index < -0.39 is 6.04 Å². The Morgan fingerprint density at radius 1 is 1.29 bits per heavy atom. The first kappa shape index (κ1) is 17.9. The lowest BCUT2D eigenvalue weighted by Gasteiger charge is -2.30. The average molecular weight is 299 g/mol. The third-order valence-electron chi connectivity index (χ3n) is 4.07. The van der Waals surface area contributed by atoms with Crippen LogP contribution in [0.15, 0.2) is 0 Å². The van der Waals surface area contributed by atoms with E-state index in [1.807, 2.05) is 13.8 Å². The molecule has 0 bridgehead atoms. The summed E-state index contributed by atoms with van der Waals surface area (Å²) in [4.78, 5) is 23.7. The van der Waals surface area contributed by atoms with Crippen LogP contribution in [0.3, 0.4) is 0 Å². The second-order valence-electron chi connectivity index (χ2n) is 6.02. The number of nitrogens with two attached hydrogens (primary N) is 1. The summed E-state index contributed by atoms with van der Waals surface area (Å²) in [5, 5.41) is 5.61. The molecular formula is C15H29N3O3. The van der Waals surface area contributed by atoms with Gasteiger partial charge >= 0.3 is 0 Å². The number of amides is 2. The van der Waals surface area contributed by atoms with E-state index in [0.29, 0.717) is 5.92 Å². The highest BCUT2D eigenvalue weighted by atomic mass is 16.5. The molecule has 1 unspecified atom stereocenters. The fourth-order valence-electron chi connectivity index (χ4n) is 2.52. The molecule has 1 rings (SSSR count). The molecule has 6 nitrogen and oxygen atoms in total. The lowest BCUT2D eigenvalue weighted by atomic mass is 9.90. The third kappa shape index (κ3) is 6.01. The molecule has 0 radical (unpaired) electrons. The van der Waals surface area contributed by atoms with Gasteiger partial charge in [0.05, 0.1) is 12.6 Å². The highest BCUT2D eigenvalue weighted by Crippen LogP contribution is 2.20. The van der Waals surface area contributed by atoms with Gasteiger partial charge < -0.3 is 21.1 Å². The standard InChI is InChI=1S/C15H29N3O3/c1-4-12(11-5-7-21-8-6-11)18-13(19)9-17-15(20)14(16)10(2)3/h10-12,14H,4-9,16H2,1-3H3,(H,17,20)(H,18,19)/t12?,14-/m0/s1. The van der Waals surface area contributed by atoms with Crippen molar-refractivity contribution in [3.05, 3.63) is 0 Å². The van der Waals surface area contributed by atoms with E-state index in [4.69, 9.17) is 10.5 Å². The summed E-state index contributed by atoms with van der Waals surface area (Å²) in [7, 11) is 0. The van der Waals surface area contributed by atoms with Crippen LogP contribution >= 0.6 is 0 Å². The molecule has 0 aromatic carbocycles. The van der Waals surface area contributed by atoms with Gasteiger partial charge in [-0.25, -0.2) is 0 Å². The summed E-state index contributed by atoms with van der Waals surface area (Å²) in [5.41, 5.74) is 5.73. The largest absolute Gasteiger partial charge is 0.381 e. The zero-order valence-electron chi connectivity index (χ0n) is 13.4. The van der Waals surface area contributed by atoms with E-state index in [2.05, 4.69) is 17.6 Å². The Balaban J connectivity index is 2.35. The first-order valence-corrected chi connectivity index (χ1v) is 7.86. The van der Waals surface area contributed by atoms with Crippen LogP contribution < -0.4 is 16.4 Å². The van der Waals surface area contributed by atoms with Crippen LogP contribution in [0, 0.1) is 11.8 Å². The Morgan fingerprint density at radius 2 is 1.90 bits per heavy atom. The molecule has 0 aromatic heterocycles. The SMILES string of the molecule is CCC(NC(=O)CNC(=O)[C@@H](N)C(C)C)C1CCOCC1. The van der Waals surface area contributed by atoms with Crippen molar-refractivity contribution in [2.75, 3.05) is 19.8 Å². The summed E-state index contributed by atoms with van der Waals surface area (Å²) in [6, 6.07) is -0.424. The van der Waals surface area contributed by atoms with Gasteiger partial charge in [-0.3, -0.25) is 9.59 Å². The number of carbonyl (C=O) groups is 2. The molecule has 6 heteroatoms. The van der Waals surface area contributed by atoms with Crippen LogP contribution in [0.5, 0.6) is 0 Å². The molecule has 0 spiro atoms. The Morgan fingerprint density at radius 3 is 2.43 bits per heavy atom. The second-order valence-corrected chi connectivity index (χ2v) is 6.02. The fraction of sp³-hybridized carbons (Fsp3) is 0.867. The maximum atomic E-state index is 12.0. The lowest BCUT2D eigenvalue weighted by molar-refractivity contribution is -0.128. The monoisotopic (exact) mass is 299 g/mol. The Hall–Kier alpha value is -1.14. The number of hydrogen-bond acceptors (Lipinski definition) is 4. The van der Waals surface area contributed by atoms with Crippen molar-refractivity contribution in [2.45, 2.75) is 52.1 Å². The summed E-state index contributed by atoms with van der Waals surface area (Å²) in [6.07, 6.45) is 2.84. The molecule has 1 fully saturated rings. The van der Waals surface area contributed by atoms with Crippen molar-refractivity contribution in [3.8, 4) is 0 Å². The number of nitrogens with one attached hydrogen (secondary N) is 2. The molecule has 2 atom stereocenters. The van der Waals surface area contributed by atoms with Crippen molar-refractivity contribution in [2.24, 2.45) is 17.6 Å². The van der Waals surface area contributed by atoms with Gasteiger partial charge in [-0.05, 0) is 31.1 Å². The molecule has 0 aliphatic carbocycles. The van der Waals surface area contributed by atoms with Gasteiger partial charge in [0.15, 0.2) is 0 Å². The van der Waals surface area contributed by atoms with Crippen molar-refractivity contribution < 1.29 is 14.3 Å². The second kappa shape index (κ2) is 9.00. The lowest BCUT2D eigenvalue weighted by Crippen LogP contribution is -2.49. The van der Waals surface area contributed by atoms with Crippen LogP contribution in [-0.4, -0.2) is 43.7 Å². The van der Waals surface area contributed by atoms with Crippen molar-refractivity contribution >= 4 is 11.8 Å². The molecule has 1 aliphatic heterocycles. The maximum Gasteiger partial charge on any atom is 0.239 e. The molecule has 122 valence electrons. The van der Waals surface area contributed by atoms with E-state index >= 15 is 0 Å². The van der Waals surface area contributed by atoms with Gasteiger partial charge in [0.2, 0.25) is 11.8 Å². The van der Waals surface area contributed by atoms with Crippen molar-refractivity contribution in [1.82, 2.24) is 10.6 Å². The van der Waals surface area contributed by atoms with Gasteiger partial charge in [-0.1, -0.05) is 20.8 Å². The average Bonchev–Trinajstić information content (AvgIpc) is 2.50. The van der Waals surface area contributed by atoms with Crippen LogP contribution in [0.25, 0.3) is 0 Å². The minimum atomic E-state index is -0.574. The zero-order chi connectivity index (χ0) is 15.8. The Bertz CT molecular complexity index is 341. The predicted octanol–water partition coefficient (Wildman–Crippen LogP) is 0.407. The Labute approximate surface area is 127 Å². The van der Waals surface area contributed by atoms with E-state index in [9.17, 15) is 9.59 Å². The van der Waals surface area contributed by atoms with Crippen LogP contribution in [0.4, 0.5) is 0 Å². The minimum Gasteiger partial charge on any atom is -0.381 e. The van der Waals surface area contributed by atoms with Gasteiger partial charge in [0.25, 0.3) is 0 Å². The molecule has 1 saturated heterocycles. The summed E-state index contributed by atoms with van der Waals surface area (Å²) in [5.74, 6) is 0.0805. The van der Waals surface area contributed by atoms with Gasteiger partial charge in [-0.2, -0.15) is 0 Å². The predicted molar refractivity (Wildman–Crippen MR) is 81.6 cm³/mol. The van der Waals surface area contributed by atoms with Crippen LogP contribution in [-0.2, 0) is 14.3 Å². The van der Waals surface area contributed by atoms with Crippen molar-refractivity contribution in [1.29, 1.82) is 0 Å². The topological polar surface area (TPSA) is 93.5 Å². The van der Waals surface area contributed by atoms with E-state index in [-0.39, 0.29) is 30.3 Å². The number of hydrogen-bond donors (Lipinski definition) is 3. The molecule has 0 aromatic rings. The normalized spacial score (nSPS) is 19.1. The van der Waals surface area contributed by atoms with E-state index in [1.165, 1.54) is 0 Å². The first-order valence-electron chi connectivity index (χ1n) is 7.86. The van der Waals surface area contributed by atoms with E-state index in [0.717, 1.165) is 32.5 Å². The molecule has 4 N–H and O–H groups in total. The minimum absolute atomic E-state index is 0.0149. The highest BCUT2D eigenvalue weighted by Gasteiger charge is 2.24. The zero-order valence-corrected chi connectivity index (χ0v) is 13.4. The van der Waals surface area contributed by atoms with Gasteiger partial charge in [0.1, 0.15) is 0 Å². The van der Waals surface area contributed by atoms with Crippen molar-refractivity contribution in [3.63, 3.8) is 0 Å². The van der Waals surface area contributed by atoms with Gasteiger partial charge in [-0.15, -0.1) is 0 Å². The van der Waals surface area contributed by atoms with Gasteiger partial charge in [0, 0.05) is 19.3 Å². The number of ether oxygens (including phenoxy) is 1. The molecule has 1 aliphatic rings. The van der Waals surface area contributed by atoms with E-state index in [1.54, 1.807) is 0 Å². The summed E-state index contributed by atoms with van der Waals surface area (Å²) < 4.78 is 5.34. The molecule has 0 saturated carbocycles. The smallest absolute Gasteiger partial charge is 0.239 e. The van der Waals surface area contributed by atoms with Crippen LogP contribution in [0.2, 0.25) is 0 Å². The van der Waals surface area contributed by atoms with Crippen LogP contribution in [0.1, 0.15) is 40.0 Å². The molecule has 1 heterocycles.